The molecule has 0 aromatic carbocycles. The molecule has 0 bridgehead atoms. The third kappa shape index (κ3) is 4.58. The van der Waals surface area contributed by atoms with E-state index < -0.39 is 0 Å². The summed E-state index contributed by atoms with van der Waals surface area (Å²) in [5.41, 5.74) is 2.75. The normalized spacial score (nSPS) is 18.5. The molecule has 4 heteroatoms. The highest BCUT2D eigenvalue weighted by Crippen LogP contribution is 2.19. The summed E-state index contributed by atoms with van der Waals surface area (Å²) in [4.78, 5) is 11.3. The molecule has 1 saturated heterocycles. The zero-order valence-corrected chi connectivity index (χ0v) is 9.08. The van der Waals surface area contributed by atoms with Gasteiger partial charge in [-0.15, -0.1) is 0 Å². The van der Waals surface area contributed by atoms with Crippen molar-refractivity contribution in [1.29, 1.82) is 0 Å². The Morgan fingerprint density at radius 2 is 2.07 bits per heavy atom. The van der Waals surface area contributed by atoms with Crippen LogP contribution in [0.2, 0.25) is 0 Å². The van der Waals surface area contributed by atoms with Crippen LogP contribution in [0.15, 0.2) is 0 Å². The molecular formula is C10H20N2O2. The first-order valence-electron chi connectivity index (χ1n) is 5.23. The van der Waals surface area contributed by atoms with Crippen molar-refractivity contribution in [3.8, 4) is 0 Å². The topological polar surface area (TPSA) is 41.6 Å². The Kier molecular flexibility index (Phi) is 4.90. The molecule has 1 aliphatic rings. The van der Waals surface area contributed by atoms with Crippen LogP contribution in [0, 0.1) is 5.92 Å². The first-order chi connectivity index (χ1) is 6.68. The molecule has 1 N–H and O–H groups in total. The van der Waals surface area contributed by atoms with Crippen molar-refractivity contribution in [3.63, 3.8) is 0 Å². The molecule has 1 aliphatic heterocycles. The highest BCUT2D eigenvalue weighted by atomic mass is 16.5. The summed E-state index contributed by atoms with van der Waals surface area (Å²) < 4.78 is 5.26. The Morgan fingerprint density at radius 1 is 1.43 bits per heavy atom. The Balaban J connectivity index is 2.09. The molecule has 0 unspecified atom stereocenters. The number of amides is 1. The van der Waals surface area contributed by atoms with Gasteiger partial charge >= 0.3 is 0 Å². The molecule has 0 aromatic rings. The fourth-order valence-electron chi connectivity index (χ4n) is 1.68. The summed E-state index contributed by atoms with van der Waals surface area (Å²) in [7, 11) is 3.65. The molecule has 1 rings (SSSR count). The number of ether oxygens (including phenoxy) is 1. The van der Waals surface area contributed by atoms with E-state index >= 15 is 0 Å². The predicted octanol–water partition coefficient (Wildman–Crippen LogP) is 0.786. The van der Waals surface area contributed by atoms with Crippen molar-refractivity contribution >= 4 is 5.91 Å². The first kappa shape index (κ1) is 11.5. The first-order valence-corrected chi connectivity index (χ1v) is 5.23. The van der Waals surface area contributed by atoms with Gasteiger partial charge in [-0.25, -0.2) is 5.01 Å². The molecular weight excluding hydrogens is 180 g/mol. The number of nitrogens with one attached hydrogen (secondary N) is 1. The summed E-state index contributed by atoms with van der Waals surface area (Å²) in [6.07, 6.45) is 3.83. The van der Waals surface area contributed by atoms with Gasteiger partial charge in [-0.05, 0) is 25.2 Å². The summed E-state index contributed by atoms with van der Waals surface area (Å²) in [5.74, 6) is 0.790. The Labute approximate surface area is 85.6 Å². The number of carbonyl (C=O) groups excluding carboxylic acids is 1. The second-order valence-electron chi connectivity index (χ2n) is 4.02. The number of carbonyl (C=O) groups is 1. The lowest BCUT2D eigenvalue weighted by Gasteiger charge is -2.21. The molecule has 1 fully saturated rings. The second-order valence-corrected chi connectivity index (χ2v) is 4.02. The maximum Gasteiger partial charge on any atom is 0.234 e. The highest BCUT2D eigenvalue weighted by Gasteiger charge is 2.15. The fraction of sp³-hybridized carbons (Fsp3) is 0.900. The molecule has 0 spiro atoms. The molecule has 4 nitrogen and oxygen atoms in total. The van der Waals surface area contributed by atoms with Crippen LogP contribution in [0.25, 0.3) is 0 Å². The smallest absolute Gasteiger partial charge is 0.234 e. The molecule has 0 atom stereocenters. The molecule has 0 aliphatic carbocycles. The molecule has 0 radical (unpaired) electrons. The highest BCUT2D eigenvalue weighted by molar-refractivity contribution is 5.75. The predicted molar refractivity (Wildman–Crippen MR) is 54.6 cm³/mol. The van der Waals surface area contributed by atoms with Crippen LogP contribution in [-0.4, -0.2) is 38.2 Å². The molecule has 1 amide bonds. The Morgan fingerprint density at radius 3 is 2.64 bits per heavy atom. The molecule has 0 saturated carbocycles. The van der Waals surface area contributed by atoms with Gasteiger partial charge in [-0.2, -0.15) is 0 Å². The van der Waals surface area contributed by atoms with Gasteiger partial charge in [0.15, 0.2) is 0 Å². The summed E-state index contributed by atoms with van der Waals surface area (Å²) in [5, 5.41) is 1.69. The van der Waals surface area contributed by atoms with Crippen molar-refractivity contribution in [2.24, 2.45) is 5.92 Å². The summed E-state index contributed by atoms with van der Waals surface area (Å²) in [6, 6.07) is 0. The SMILES string of the molecule is CN(C)NC(=O)CCC1CCOCC1. The average Bonchev–Trinajstić information content (AvgIpc) is 2.15. The van der Waals surface area contributed by atoms with Gasteiger partial charge < -0.3 is 4.74 Å². The van der Waals surface area contributed by atoms with Crippen LogP contribution in [0.3, 0.4) is 0 Å². The van der Waals surface area contributed by atoms with Gasteiger partial charge in [0.25, 0.3) is 0 Å². The summed E-state index contributed by atoms with van der Waals surface area (Å²) in [6.45, 7) is 1.72. The molecule has 14 heavy (non-hydrogen) atoms. The van der Waals surface area contributed by atoms with Crippen molar-refractivity contribution in [2.75, 3.05) is 27.3 Å². The van der Waals surface area contributed by atoms with E-state index in [2.05, 4.69) is 5.43 Å². The van der Waals surface area contributed by atoms with Crippen LogP contribution in [0.4, 0.5) is 0 Å². The van der Waals surface area contributed by atoms with Gasteiger partial charge in [0.05, 0.1) is 0 Å². The standard InChI is InChI=1S/C10H20N2O2/c1-12(2)11-10(13)4-3-9-5-7-14-8-6-9/h9H,3-8H2,1-2H3,(H,11,13). The van der Waals surface area contributed by atoms with E-state index in [1.165, 1.54) is 0 Å². The van der Waals surface area contributed by atoms with Gasteiger partial charge in [0, 0.05) is 33.7 Å². The lowest BCUT2D eigenvalue weighted by molar-refractivity contribution is -0.125. The zero-order valence-electron chi connectivity index (χ0n) is 9.08. The van der Waals surface area contributed by atoms with E-state index in [9.17, 15) is 4.79 Å². The Hall–Kier alpha value is -0.610. The lowest BCUT2D eigenvalue weighted by Crippen LogP contribution is -2.36. The number of hydrazine groups is 1. The average molecular weight is 200 g/mol. The van der Waals surface area contributed by atoms with Gasteiger partial charge in [-0.1, -0.05) is 0 Å². The van der Waals surface area contributed by atoms with Crippen LogP contribution in [0.5, 0.6) is 0 Å². The molecule has 1 heterocycles. The van der Waals surface area contributed by atoms with Crippen molar-refractivity contribution in [1.82, 2.24) is 10.4 Å². The zero-order chi connectivity index (χ0) is 10.4. The number of hydrogen-bond acceptors (Lipinski definition) is 3. The minimum absolute atomic E-state index is 0.112. The largest absolute Gasteiger partial charge is 0.381 e. The van der Waals surface area contributed by atoms with Crippen LogP contribution in [-0.2, 0) is 9.53 Å². The Bertz CT molecular complexity index is 177. The van der Waals surface area contributed by atoms with E-state index in [-0.39, 0.29) is 5.91 Å². The number of nitrogens with zero attached hydrogens (tertiary/aromatic N) is 1. The van der Waals surface area contributed by atoms with Crippen molar-refractivity contribution < 1.29 is 9.53 Å². The van der Waals surface area contributed by atoms with Gasteiger partial charge in [-0.3, -0.25) is 10.2 Å². The maximum absolute atomic E-state index is 11.3. The van der Waals surface area contributed by atoms with E-state index in [4.69, 9.17) is 4.74 Å². The van der Waals surface area contributed by atoms with Gasteiger partial charge in [0.2, 0.25) is 5.91 Å². The summed E-state index contributed by atoms with van der Waals surface area (Å²) >= 11 is 0. The quantitative estimate of drug-likeness (QED) is 0.682. The minimum Gasteiger partial charge on any atom is -0.381 e. The van der Waals surface area contributed by atoms with E-state index in [1.807, 2.05) is 14.1 Å². The molecule has 0 aromatic heterocycles. The lowest BCUT2D eigenvalue weighted by atomic mass is 9.95. The van der Waals surface area contributed by atoms with Crippen LogP contribution in [0.1, 0.15) is 25.7 Å². The van der Waals surface area contributed by atoms with Crippen LogP contribution < -0.4 is 5.43 Å². The number of hydrogen-bond donors (Lipinski definition) is 1. The maximum atomic E-state index is 11.3. The van der Waals surface area contributed by atoms with E-state index in [0.29, 0.717) is 12.3 Å². The number of rotatable bonds is 4. The fourth-order valence-corrected chi connectivity index (χ4v) is 1.68. The third-order valence-corrected chi connectivity index (χ3v) is 2.47. The van der Waals surface area contributed by atoms with E-state index in [1.54, 1.807) is 5.01 Å². The van der Waals surface area contributed by atoms with Crippen LogP contribution >= 0.6 is 0 Å². The monoisotopic (exact) mass is 200 g/mol. The molecule has 82 valence electrons. The minimum atomic E-state index is 0.112. The third-order valence-electron chi connectivity index (χ3n) is 2.47. The van der Waals surface area contributed by atoms with E-state index in [0.717, 1.165) is 32.5 Å². The van der Waals surface area contributed by atoms with Crippen molar-refractivity contribution in [3.05, 3.63) is 0 Å². The second kappa shape index (κ2) is 5.98. The van der Waals surface area contributed by atoms with Crippen molar-refractivity contribution in [2.45, 2.75) is 25.7 Å². The van der Waals surface area contributed by atoms with Gasteiger partial charge in [0.1, 0.15) is 0 Å².